The number of likely N-dealkylation sites (N-methyl/N-ethyl adjacent to an activating group) is 1. The van der Waals surface area contributed by atoms with Crippen LogP contribution in [0, 0.1) is 12.7 Å². The quantitative estimate of drug-likeness (QED) is 0.361. The van der Waals surface area contributed by atoms with Gasteiger partial charge in [-0.05, 0) is 73.9 Å². The second-order valence-electron chi connectivity index (χ2n) is 8.72. The Hall–Kier alpha value is -3.43. The Balaban J connectivity index is 2.06. The molecule has 0 radical (unpaired) electrons. The second kappa shape index (κ2) is 12.9. The van der Waals surface area contributed by atoms with Crippen molar-refractivity contribution in [1.82, 2.24) is 10.2 Å². The number of sulfonamides is 1. The standard InChI is InChI=1S/C28H31ClFN3O4S/c1-4-25(28(35)31-5-2)32(18-21-10-14-23(30)15-11-21)27(34)19-33(26-9-7-6-8-20(26)3)38(36,37)24-16-12-22(29)13-17-24/h6-17,25H,4-5,18-19H2,1-3H3,(H,31,35). The van der Waals surface area contributed by atoms with Gasteiger partial charge in [-0.25, -0.2) is 12.8 Å². The fourth-order valence-electron chi connectivity index (χ4n) is 4.09. The molecule has 3 aromatic rings. The molecule has 7 nitrogen and oxygen atoms in total. The van der Waals surface area contributed by atoms with Gasteiger partial charge in [-0.2, -0.15) is 0 Å². The Labute approximate surface area is 228 Å². The number of benzene rings is 3. The van der Waals surface area contributed by atoms with Gasteiger partial charge in [-0.15, -0.1) is 0 Å². The van der Waals surface area contributed by atoms with Gasteiger partial charge in [0.2, 0.25) is 11.8 Å². The van der Waals surface area contributed by atoms with Gasteiger partial charge >= 0.3 is 0 Å². The van der Waals surface area contributed by atoms with Crippen molar-refractivity contribution < 1.29 is 22.4 Å². The molecule has 0 spiro atoms. The number of carbonyl (C=O) groups is 2. The number of hydrogen-bond donors (Lipinski definition) is 1. The molecule has 2 amide bonds. The lowest BCUT2D eigenvalue weighted by molar-refractivity contribution is -0.140. The molecule has 3 rings (SSSR count). The van der Waals surface area contributed by atoms with Crippen LogP contribution in [0.4, 0.5) is 10.1 Å². The second-order valence-corrected chi connectivity index (χ2v) is 11.0. The predicted molar refractivity (Wildman–Crippen MR) is 147 cm³/mol. The van der Waals surface area contributed by atoms with E-state index in [1.807, 2.05) is 0 Å². The minimum Gasteiger partial charge on any atom is -0.355 e. The van der Waals surface area contributed by atoms with Crippen molar-refractivity contribution in [2.24, 2.45) is 0 Å². The minimum absolute atomic E-state index is 0.00262. The van der Waals surface area contributed by atoms with Crippen LogP contribution in [-0.2, 0) is 26.2 Å². The molecule has 0 aliphatic rings. The van der Waals surface area contributed by atoms with Gasteiger partial charge in [-0.3, -0.25) is 13.9 Å². The summed E-state index contributed by atoms with van der Waals surface area (Å²) in [5.41, 5.74) is 1.59. The Morgan fingerprint density at radius 1 is 0.974 bits per heavy atom. The van der Waals surface area contributed by atoms with Crippen LogP contribution in [0.3, 0.4) is 0 Å². The summed E-state index contributed by atoms with van der Waals surface area (Å²) in [4.78, 5) is 28.1. The zero-order valence-corrected chi connectivity index (χ0v) is 23.1. The summed E-state index contributed by atoms with van der Waals surface area (Å²) in [5.74, 6) is -1.36. The highest BCUT2D eigenvalue weighted by molar-refractivity contribution is 7.92. The topological polar surface area (TPSA) is 86.8 Å². The summed E-state index contributed by atoms with van der Waals surface area (Å²) in [6.45, 7) is 5.12. The number of aryl methyl sites for hydroxylation is 1. The molecule has 0 saturated heterocycles. The Bertz CT molecular complexity index is 1370. The normalized spacial score (nSPS) is 12.0. The first-order valence-corrected chi connectivity index (χ1v) is 14.1. The lowest BCUT2D eigenvalue weighted by atomic mass is 10.1. The SMILES string of the molecule is CCNC(=O)C(CC)N(Cc1ccc(F)cc1)C(=O)CN(c1ccccc1C)S(=O)(=O)c1ccc(Cl)cc1. The number of amides is 2. The van der Waals surface area contributed by atoms with Gasteiger partial charge < -0.3 is 10.2 Å². The lowest BCUT2D eigenvalue weighted by Crippen LogP contribution is -2.52. The molecule has 0 aliphatic heterocycles. The van der Waals surface area contributed by atoms with Crippen molar-refractivity contribution in [3.63, 3.8) is 0 Å². The van der Waals surface area contributed by atoms with Crippen LogP contribution < -0.4 is 9.62 Å². The van der Waals surface area contributed by atoms with E-state index in [0.29, 0.717) is 34.8 Å². The zero-order chi connectivity index (χ0) is 27.9. The van der Waals surface area contributed by atoms with E-state index in [1.54, 1.807) is 45.0 Å². The van der Waals surface area contributed by atoms with Gasteiger partial charge in [0.1, 0.15) is 18.4 Å². The van der Waals surface area contributed by atoms with Crippen LogP contribution in [0.2, 0.25) is 5.02 Å². The van der Waals surface area contributed by atoms with Crippen molar-refractivity contribution in [2.75, 3.05) is 17.4 Å². The summed E-state index contributed by atoms with van der Waals surface area (Å²) in [6.07, 6.45) is 0.299. The molecule has 0 aliphatic carbocycles. The molecule has 0 saturated carbocycles. The first-order valence-electron chi connectivity index (χ1n) is 12.2. The van der Waals surface area contributed by atoms with E-state index >= 15 is 0 Å². The third-order valence-corrected chi connectivity index (χ3v) is 8.09. The molecule has 0 aromatic heterocycles. The highest BCUT2D eigenvalue weighted by Crippen LogP contribution is 2.28. The van der Waals surface area contributed by atoms with E-state index in [2.05, 4.69) is 5.32 Å². The van der Waals surface area contributed by atoms with Gasteiger partial charge in [0.05, 0.1) is 10.6 Å². The maximum atomic E-state index is 13.9. The van der Waals surface area contributed by atoms with Crippen LogP contribution in [0.1, 0.15) is 31.4 Å². The molecule has 0 fully saturated rings. The summed E-state index contributed by atoms with van der Waals surface area (Å²) in [5, 5.41) is 3.12. The van der Waals surface area contributed by atoms with Crippen molar-refractivity contribution in [3.05, 3.63) is 94.8 Å². The molecule has 202 valence electrons. The molecule has 1 atom stereocenters. The molecular formula is C28H31ClFN3O4S. The lowest BCUT2D eigenvalue weighted by Gasteiger charge is -2.33. The number of carbonyl (C=O) groups excluding carboxylic acids is 2. The third-order valence-electron chi connectivity index (χ3n) is 6.07. The average Bonchev–Trinajstić information content (AvgIpc) is 2.89. The third kappa shape index (κ3) is 6.90. The highest BCUT2D eigenvalue weighted by atomic mass is 35.5. The molecule has 1 N–H and O–H groups in total. The smallest absolute Gasteiger partial charge is 0.264 e. The first-order chi connectivity index (χ1) is 18.1. The summed E-state index contributed by atoms with van der Waals surface area (Å²) in [7, 11) is -4.19. The summed E-state index contributed by atoms with van der Waals surface area (Å²) < 4.78 is 42.2. The number of rotatable bonds is 11. The van der Waals surface area contributed by atoms with E-state index in [4.69, 9.17) is 11.6 Å². The van der Waals surface area contributed by atoms with Crippen molar-refractivity contribution in [2.45, 2.75) is 44.7 Å². The number of anilines is 1. The molecule has 38 heavy (non-hydrogen) atoms. The van der Waals surface area contributed by atoms with Crippen LogP contribution in [0.15, 0.2) is 77.7 Å². The maximum Gasteiger partial charge on any atom is 0.264 e. The Kier molecular flexibility index (Phi) is 9.88. The molecule has 1 unspecified atom stereocenters. The zero-order valence-electron chi connectivity index (χ0n) is 21.5. The summed E-state index contributed by atoms with van der Waals surface area (Å²) >= 11 is 5.97. The maximum absolute atomic E-state index is 13.9. The Morgan fingerprint density at radius 2 is 1.61 bits per heavy atom. The molecule has 3 aromatic carbocycles. The van der Waals surface area contributed by atoms with Crippen molar-refractivity contribution in [3.8, 4) is 0 Å². The van der Waals surface area contributed by atoms with E-state index in [1.165, 1.54) is 53.4 Å². The minimum atomic E-state index is -4.19. The fraction of sp³-hybridized carbons (Fsp3) is 0.286. The van der Waals surface area contributed by atoms with Crippen LogP contribution in [-0.4, -0.2) is 44.3 Å². The van der Waals surface area contributed by atoms with Crippen LogP contribution in [0.25, 0.3) is 0 Å². The molecular weight excluding hydrogens is 529 g/mol. The van der Waals surface area contributed by atoms with E-state index in [9.17, 15) is 22.4 Å². The van der Waals surface area contributed by atoms with Crippen molar-refractivity contribution in [1.29, 1.82) is 0 Å². The van der Waals surface area contributed by atoms with Crippen LogP contribution in [0.5, 0.6) is 0 Å². The Morgan fingerprint density at radius 3 is 2.18 bits per heavy atom. The largest absolute Gasteiger partial charge is 0.355 e. The average molecular weight is 560 g/mol. The highest BCUT2D eigenvalue weighted by Gasteiger charge is 2.34. The predicted octanol–water partition coefficient (Wildman–Crippen LogP) is 4.93. The number of nitrogens with one attached hydrogen (secondary N) is 1. The monoisotopic (exact) mass is 559 g/mol. The first kappa shape index (κ1) is 29.1. The molecule has 0 heterocycles. The van der Waals surface area contributed by atoms with Gasteiger partial charge in [0.25, 0.3) is 10.0 Å². The number of hydrogen-bond acceptors (Lipinski definition) is 4. The number of halogens is 2. The van der Waals surface area contributed by atoms with Crippen molar-refractivity contribution >= 4 is 39.1 Å². The summed E-state index contributed by atoms with van der Waals surface area (Å²) in [6, 6.07) is 17.3. The fourth-order valence-corrected chi connectivity index (χ4v) is 5.69. The number of nitrogens with zero attached hydrogens (tertiary/aromatic N) is 2. The molecule has 10 heteroatoms. The van der Waals surface area contributed by atoms with E-state index in [-0.39, 0.29) is 17.3 Å². The van der Waals surface area contributed by atoms with Gasteiger partial charge in [0.15, 0.2) is 0 Å². The van der Waals surface area contributed by atoms with Crippen LogP contribution >= 0.6 is 11.6 Å². The van der Waals surface area contributed by atoms with Gasteiger partial charge in [-0.1, -0.05) is 48.9 Å². The van der Waals surface area contributed by atoms with E-state index in [0.717, 1.165) is 4.31 Å². The number of para-hydroxylation sites is 1. The van der Waals surface area contributed by atoms with Gasteiger partial charge in [0, 0.05) is 18.1 Å². The van der Waals surface area contributed by atoms with E-state index < -0.39 is 34.3 Å². The molecule has 0 bridgehead atoms.